The molecule has 5 nitrogen and oxygen atoms in total. The van der Waals surface area contributed by atoms with Crippen molar-refractivity contribution in [1.29, 1.82) is 0 Å². The number of fused-ring (bicyclic) bond motifs is 4. The molecule has 0 spiro atoms. The van der Waals surface area contributed by atoms with Crippen LogP contribution in [0.15, 0.2) is 70.6 Å². The Morgan fingerprint density at radius 3 is 2.48 bits per heavy atom. The molecule has 7 heteroatoms. The fourth-order valence-electron chi connectivity index (χ4n) is 5.00. The van der Waals surface area contributed by atoms with E-state index in [0.29, 0.717) is 26.5 Å². The summed E-state index contributed by atoms with van der Waals surface area (Å²) in [5.74, 6) is -0.0685. The van der Waals surface area contributed by atoms with Crippen LogP contribution in [0.25, 0.3) is 10.2 Å². The highest BCUT2D eigenvalue weighted by Crippen LogP contribution is 2.44. The van der Waals surface area contributed by atoms with Crippen molar-refractivity contribution in [3.8, 4) is 0 Å². The van der Waals surface area contributed by atoms with Gasteiger partial charge in [-0.15, -0.1) is 11.3 Å². The Labute approximate surface area is 199 Å². The van der Waals surface area contributed by atoms with Crippen molar-refractivity contribution in [2.45, 2.75) is 48.2 Å². The van der Waals surface area contributed by atoms with Crippen molar-refractivity contribution in [3.63, 3.8) is 0 Å². The fourth-order valence-corrected chi connectivity index (χ4v) is 7.60. The van der Waals surface area contributed by atoms with Gasteiger partial charge in [-0.1, -0.05) is 72.4 Å². The molecular weight excluding hydrogens is 452 g/mol. The number of carbonyl (C=O) groups is 1. The number of aryl methyl sites for hydroxylation is 2. The molecule has 4 aromatic rings. The quantitative estimate of drug-likeness (QED) is 0.342. The minimum atomic E-state index is -1.65. The molecule has 0 fully saturated rings. The summed E-state index contributed by atoms with van der Waals surface area (Å²) in [6.07, 6.45) is 4.12. The Bertz CT molecular complexity index is 1430. The van der Waals surface area contributed by atoms with Crippen molar-refractivity contribution in [2.24, 2.45) is 0 Å². The summed E-state index contributed by atoms with van der Waals surface area (Å²) in [6.45, 7) is 0. The van der Waals surface area contributed by atoms with E-state index < -0.39 is 11.0 Å². The van der Waals surface area contributed by atoms with E-state index in [1.165, 1.54) is 21.2 Å². The van der Waals surface area contributed by atoms with Crippen LogP contribution in [0, 0.1) is 0 Å². The summed E-state index contributed by atoms with van der Waals surface area (Å²) in [4.78, 5) is 34.1. The molecule has 2 unspecified atom stereocenters. The highest BCUT2D eigenvalue weighted by atomic mass is 32.2. The number of aliphatic hydroxyl groups is 1. The molecule has 0 radical (unpaired) electrons. The summed E-state index contributed by atoms with van der Waals surface area (Å²) in [5, 5.41) is 12.6. The molecule has 33 heavy (non-hydrogen) atoms. The molecule has 3 heterocycles. The molecule has 0 amide bonds. The largest absolute Gasteiger partial charge is 0.366 e. The number of thiophene rings is 1. The lowest BCUT2D eigenvalue weighted by atomic mass is 9.93. The molecule has 166 valence electrons. The molecule has 0 saturated carbocycles. The Morgan fingerprint density at radius 2 is 1.73 bits per heavy atom. The van der Waals surface area contributed by atoms with E-state index in [0.717, 1.165) is 31.2 Å². The third-order valence-electron chi connectivity index (χ3n) is 6.63. The first kappa shape index (κ1) is 20.8. The van der Waals surface area contributed by atoms with Gasteiger partial charge in [0.25, 0.3) is 5.56 Å². The lowest BCUT2D eigenvalue weighted by Crippen LogP contribution is -2.49. The van der Waals surface area contributed by atoms with Crippen molar-refractivity contribution < 1.29 is 9.90 Å². The van der Waals surface area contributed by atoms with Crippen LogP contribution in [-0.2, 0) is 18.6 Å². The molecule has 6 rings (SSSR count). The van der Waals surface area contributed by atoms with Crippen molar-refractivity contribution in [1.82, 2.24) is 9.55 Å². The molecule has 2 aromatic heterocycles. The lowest BCUT2D eigenvalue weighted by molar-refractivity contribution is -0.0187. The van der Waals surface area contributed by atoms with Crippen LogP contribution in [0.5, 0.6) is 0 Å². The maximum absolute atomic E-state index is 13.9. The second kappa shape index (κ2) is 7.94. The number of benzene rings is 2. The second-order valence-corrected chi connectivity index (χ2v) is 10.9. The third-order valence-corrected chi connectivity index (χ3v) is 8.97. The van der Waals surface area contributed by atoms with Gasteiger partial charge < -0.3 is 5.11 Å². The van der Waals surface area contributed by atoms with Crippen LogP contribution in [0.2, 0.25) is 0 Å². The van der Waals surface area contributed by atoms with Gasteiger partial charge >= 0.3 is 0 Å². The van der Waals surface area contributed by atoms with E-state index in [4.69, 9.17) is 4.98 Å². The first-order chi connectivity index (χ1) is 16.1. The zero-order chi connectivity index (χ0) is 22.6. The van der Waals surface area contributed by atoms with Gasteiger partial charge in [-0.05, 0) is 31.2 Å². The predicted molar refractivity (Wildman–Crippen MR) is 131 cm³/mol. The van der Waals surface area contributed by atoms with E-state index in [1.807, 2.05) is 48.5 Å². The zero-order valence-corrected chi connectivity index (χ0v) is 19.5. The van der Waals surface area contributed by atoms with Crippen LogP contribution in [0.1, 0.15) is 45.6 Å². The average Bonchev–Trinajstić information content (AvgIpc) is 3.23. The van der Waals surface area contributed by atoms with Gasteiger partial charge in [0.1, 0.15) is 4.83 Å². The third kappa shape index (κ3) is 3.29. The molecule has 0 saturated heterocycles. The number of carbonyl (C=O) groups excluding carboxylic acids is 1. The first-order valence-corrected chi connectivity index (χ1v) is 12.9. The van der Waals surface area contributed by atoms with Crippen molar-refractivity contribution >= 4 is 39.1 Å². The van der Waals surface area contributed by atoms with Gasteiger partial charge in [-0.25, -0.2) is 4.98 Å². The zero-order valence-electron chi connectivity index (χ0n) is 17.9. The number of hydrogen-bond donors (Lipinski definition) is 1. The van der Waals surface area contributed by atoms with Gasteiger partial charge in [0.2, 0.25) is 0 Å². The van der Waals surface area contributed by atoms with E-state index in [9.17, 15) is 14.7 Å². The average molecular weight is 475 g/mol. The van der Waals surface area contributed by atoms with Gasteiger partial charge in [-0.2, -0.15) is 0 Å². The minimum Gasteiger partial charge on any atom is -0.366 e. The molecule has 1 aliphatic heterocycles. The van der Waals surface area contributed by atoms with Crippen LogP contribution < -0.4 is 5.56 Å². The normalized spacial score (nSPS) is 22.0. The summed E-state index contributed by atoms with van der Waals surface area (Å²) >= 11 is 2.87. The topological polar surface area (TPSA) is 72.2 Å². The highest BCUT2D eigenvalue weighted by Gasteiger charge is 2.45. The van der Waals surface area contributed by atoms with E-state index in [-0.39, 0.29) is 17.8 Å². The summed E-state index contributed by atoms with van der Waals surface area (Å²) in [5.41, 5.74) is 0.410. The Kier molecular flexibility index (Phi) is 5.01. The number of aromatic nitrogens is 2. The Balaban J connectivity index is 1.58. The summed E-state index contributed by atoms with van der Waals surface area (Å²) in [7, 11) is 0. The van der Waals surface area contributed by atoms with Crippen LogP contribution >= 0.6 is 23.1 Å². The number of nitrogens with zero attached hydrogens (tertiary/aromatic N) is 2. The van der Waals surface area contributed by atoms with E-state index in [2.05, 4.69) is 0 Å². The standard InChI is InChI=1S/C26H22N2O3S2/c29-22(16-9-3-1-4-10-16)20-15-26(31,17-11-5-2-6-12-17)28-24(30)21-18-13-7-8-14-19(18)32-23(21)27-25(28)33-20/h1-6,9-12,20,31H,7-8,13-15H2. The smallest absolute Gasteiger partial charge is 0.265 e. The number of hydrogen-bond acceptors (Lipinski definition) is 6. The Hall–Kier alpha value is -2.74. The van der Waals surface area contributed by atoms with E-state index >= 15 is 0 Å². The number of thioether (sulfide) groups is 1. The molecule has 2 atom stereocenters. The number of rotatable bonds is 3. The number of Topliss-reactive ketones (excluding diaryl/α,β-unsaturated/α-hetero) is 1. The van der Waals surface area contributed by atoms with Gasteiger partial charge in [-0.3, -0.25) is 14.2 Å². The first-order valence-electron chi connectivity index (χ1n) is 11.2. The summed E-state index contributed by atoms with van der Waals surface area (Å²) < 4.78 is 1.44. The monoisotopic (exact) mass is 474 g/mol. The predicted octanol–water partition coefficient (Wildman–Crippen LogP) is 4.78. The molecule has 2 aromatic carbocycles. The lowest BCUT2D eigenvalue weighted by Gasteiger charge is -2.38. The SMILES string of the molecule is O=C(c1ccccc1)C1CC(O)(c2ccccc2)n2c(nc3sc4c(c3c2=O)CCCC4)S1. The highest BCUT2D eigenvalue weighted by molar-refractivity contribution is 8.00. The molecule has 0 bridgehead atoms. The van der Waals surface area contributed by atoms with Gasteiger partial charge in [0, 0.05) is 22.4 Å². The van der Waals surface area contributed by atoms with Gasteiger partial charge in [0.15, 0.2) is 16.7 Å². The summed E-state index contributed by atoms with van der Waals surface area (Å²) in [6, 6.07) is 18.3. The molecule has 1 N–H and O–H groups in total. The van der Waals surface area contributed by atoms with Crippen LogP contribution in [-0.4, -0.2) is 25.7 Å². The van der Waals surface area contributed by atoms with Crippen molar-refractivity contribution in [3.05, 3.63) is 92.6 Å². The number of ketones is 1. The maximum atomic E-state index is 13.9. The second-order valence-electron chi connectivity index (χ2n) is 8.65. The molecule has 1 aliphatic carbocycles. The fraction of sp³-hybridized carbons (Fsp3) is 0.269. The van der Waals surface area contributed by atoms with Crippen LogP contribution in [0.3, 0.4) is 0 Å². The van der Waals surface area contributed by atoms with Crippen LogP contribution in [0.4, 0.5) is 0 Å². The Morgan fingerprint density at radius 1 is 1.03 bits per heavy atom. The molecule has 2 aliphatic rings. The van der Waals surface area contributed by atoms with Gasteiger partial charge in [0.05, 0.1) is 10.6 Å². The van der Waals surface area contributed by atoms with Crippen molar-refractivity contribution in [2.75, 3.05) is 0 Å². The maximum Gasteiger partial charge on any atom is 0.265 e. The minimum absolute atomic E-state index is 0.0685. The molecular formula is C26H22N2O3S2. The van der Waals surface area contributed by atoms with E-state index in [1.54, 1.807) is 23.5 Å².